The first-order valence-corrected chi connectivity index (χ1v) is 6.16. The molecule has 86 valence electrons. The maximum atomic E-state index is 6.02. The van der Waals surface area contributed by atoms with Crippen molar-refractivity contribution in [3.05, 3.63) is 10.0 Å². The Labute approximate surface area is 100 Å². The molecule has 0 bridgehead atoms. The summed E-state index contributed by atoms with van der Waals surface area (Å²) in [7, 11) is 0. The van der Waals surface area contributed by atoms with Gasteiger partial charge in [-0.2, -0.15) is 0 Å². The summed E-state index contributed by atoms with van der Waals surface area (Å²) in [4.78, 5) is 5.32. The van der Waals surface area contributed by atoms with Crippen LogP contribution in [0, 0.1) is 0 Å². The van der Waals surface area contributed by atoms with Crippen LogP contribution in [0.2, 0.25) is 5.15 Å². The second-order valence-electron chi connectivity index (χ2n) is 4.79. The van der Waals surface area contributed by atoms with Gasteiger partial charge in [0.05, 0.1) is 0 Å². The van der Waals surface area contributed by atoms with E-state index in [1.54, 1.807) is 11.3 Å². The van der Waals surface area contributed by atoms with E-state index in [4.69, 9.17) is 17.3 Å². The number of anilines is 1. The molecule has 3 N–H and O–H groups in total. The van der Waals surface area contributed by atoms with E-state index in [-0.39, 0.29) is 11.6 Å². The number of hydrogen-bond acceptors (Lipinski definition) is 4. The third-order valence-electron chi connectivity index (χ3n) is 1.64. The first-order chi connectivity index (χ1) is 6.78. The fraction of sp³-hybridized carbons (Fsp3) is 0.700. The molecule has 3 nitrogen and oxygen atoms in total. The van der Waals surface area contributed by atoms with Crippen LogP contribution in [0.25, 0.3) is 0 Å². The maximum Gasteiger partial charge on any atom is 0.184 e. The standard InChI is InChI=1S/C10H18ClN3S/c1-6(12)5-7-8(11)13-9(15-7)14-10(2,3)4/h6H,5,12H2,1-4H3,(H,13,14). The zero-order chi connectivity index (χ0) is 11.6. The highest BCUT2D eigenvalue weighted by atomic mass is 35.5. The van der Waals surface area contributed by atoms with Gasteiger partial charge in [-0.3, -0.25) is 0 Å². The van der Waals surface area contributed by atoms with Crippen LogP contribution in [0.15, 0.2) is 0 Å². The minimum atomic E-state index is 0.00673. The van der Waals surface area contributed by atoms with Gasteiger partial charge in [-0.1, -0.05) is 11.6 Å². The van der Waals surface area contributed by atoms with Crippen molar-refractivity contribution < 1.29 is 0 Å². The Morgan fingerprint density at radius 3 is 2.60 bits per heavy atom. The van der Waals surface area contributed by atoms with Gasteiger partial charge in [0.2, 0.25) is 0 Å². The molecule has 1 aromatic heterocycles. The molecule has 1 rings (SSSR count). The summed E-state index contributed by atoms with van der Waals surface area (Å²) in [5.74, 6) is 0. The second kappa shape index (κ2) is 4.68. The van der Waals surface area contributed by atoms with E-state index in [0.717, 1.165) is 16.4 Å². The van der Waals surface area contributed by atoms with Crippen molar-refractivity contribution in [2.75, 3.05) is 5.32 Å². The van der Waals surface area contributed by atoms with Gasteiger partial charge in [-0.25, -0.2) is 4.98 Å². The van der Waals surface area contributed by atoms with Crippen LogP contribution in [-0.4, -0.2) is 16.6 Å². The van der Waals surface area contributed by atoms with Crippen LogP contribution in [0.4, 0.5) is 5.13 Å². The number of nitrogens with zero attached hydrogens (tertiary/aromatic N) is 1. The predicted octanol–water partition coefficient (Wildman–Crippen LogP) is 2.90. The SMILES string of the molecule is CC(N)Cc1sc(NC(C)(C)C)nc1Cl. The molecule has 1 unspecified atom stereocenters. The monoisotopic (exact) mass is 247 g/mol. The van der Waals surface area contributed by atoms with E-state index in [1.807, 2.05) is 6.92 Å². The molecule has 0 aliphatic rings. The highest BCUT2D eigenvalue weighted by Crippen LogP contribution is 2.29. The number of hydrogen-bond donors (Lipinski definition) is 2. The van der Waals surface area contributed by atoms with E-state index in [1.165, 1.54) is 0 Å². The molecule has 0 saturated carbocycles. The Morgan fingerprint density at radius 1 is 1.53 bits per heavy atom. The lowest BCUT2D eigenvalue weighted by Gasteiger charge is -2.19. The van der Waals surface area contributed by atoms with Gasteiger partial charge in [0.15, 0.2) is 5.13 Å². The number of rotatable bonds is 3. The molecule has 1 heterocycles. The van der Waals surface area contributed by atoms with Gasteiger partial charge >= 0.3 is 0 Å². The molecule has 1 atom stereocenters. The Balaban J connectivity index is 2.77. The summed E-state index contributed by atoms with van der Waals surface area (Å²) >= 11 is 7.60. The lowest BCUT2D eigenvalue weighted by atomic mass is 10.1. The molecule has 5 heteroatoms. The molecule has 0 aliphatic heterocycles. The van der Waals surface area contributed by atoms with Crippen LogP contribution in [0.3, 0.4) is 0 Å². The molecule has 0 radical (unpaired) electrons. The lowest BCUT2D eigenvalue weighted by molar-refractivity contribution is 0.633. The summed E-state index contributed by atoms with van der Waals surface area (Å²) in [6, 6.07) is 0.116. The lowest BCUT2D eigenvalue weighted by Crippen LogP contribution is -2.25. The first-order valence-electron chi connectivity index (χ1n) is 4.97. The van der Waals surface area contributed by atoms with Crippen molar-refractivity contribution in [2.24, 2.45) is 5.73 Å². The molecule has 1 aromatic rings. The summed E-state index contributed by atoms with van der Waals surface area (Å²) in [5.41, 5.74) is 5.74. The van der Waals surface area contributed by atoms with Crippen LogP contribution >= 0.6 is 22.9 Å². The van der Waals surface area contributed by atoms with Gasteiger partial charge < -0.3 is 11.1 Å². The Hall–Kier alpha value is -0.320. The van der Waals surface area contributed by atoms with Gasteiger partial charge in [-0.05, 0) is 34.1 Å². The molecule has 15 heavy (non-hydrogen) atoms. The molecule has 0 fully saturated rings. The third kappa shape index (κ3) is 4.36. The average Bonchev–Trinajstić information content (AvgIpc) is 2.26. The van der Waals surface area contributed by atoms with Crippen LogP contribution in [0.5, 0.6) is 0 Å². The van der Waals surface area contributed by atoms with E-state index >= 15 is 0 Å². The van der Waals surface area contributed by atoms with Crippen molar-refractivity contribution in [3.63, 3.8) is 0 Å². The molecule has 0 saturated heterocycles. The van der Waals surface area contributed by atoms with Crippen molar-refractivity contribution in [1.82, 2.24) is 4.98 Å². The fourth-order valence-corrected chi connectivity index (χ4v) is 2.66. The highest BCUT2D eigenvalue weighted by molar-refractivity contribution is 7.16. The van der Waals surface area contributed by atoms with E-state index in [2.05, 4.69) is 31.1 Å². The summed E-state index contributed by atoms with van der Waals surface area (Å²) in [6.45, 7) is 8.24. The molecule has 0 aliphatic carbocycles. The minimum absolute atomic E-state index is 0.00673. The van der Waals surface area contributed by atoms with Gasteiger partial charge in [0.25, 0.3) is 0 Å². The van der Waals surface area contributed by atoms with Gasteiger partial charge in [-0.15, -0.1) is 11.3 Å². The molecular formula is C10H18ClN3S. The molecular weight excluding hydrogens is 230 g/mol. The largest absolute Gasteiger partial charge is 0.357 e. The van der Waals surface area contributed by atoms with Crippen molar-refractivity contribution in [1.29, 1.82) is 0 Å². The topological polar surface area (TPSA) is 50.9 Å². The predicted molar refractivity (Wildman–Crippen MR) is 67.9 cm³/mol. The van der Waals surface area contributed by atoms with E-state index in [0.29, 0.717) is 5.15 Å². The highest BCUT2D eigenvalue weighted by Gasteiger charge is 2.15. The zero-order valence-corrected chi connectivity index (χ0v) is 11.2. The number of aromatic nitrogens is 1. The number of nitrogens with two attached hydrogens (primary N) is 1. The normalized spacial score (nSPS) is 14.0. The number of nitrogens with one attached hydrogen (secondary N) is 1. The van der Waals surface area contributed by atoms with E-state index < -0.39 is 0 Å². The van der Waals surface area contributed by atoms with Crippen LogP contribution in [-0.2, 0) is 6.42 Å². The Bertz CT molecular complexity index is 328. The third-order valence-corrected chi connectivity index (χ3v) is 3.06. The van der Waals surface area contributed by atoms with Crippen molar-refractivity contribution >= 4 is 28.1 Å². The zero-order valence-electron chi connectivity index (χ0n) is 9.60. The average molecular weight is 248 g/mol. The second-order valence-corrected chi connectivity index (χ2v) is 6.23. The smallest absolute Gasteiger partial charge is 0.184 e. The van der Waals surface area contributed by atoms with Gasteiger partial charge in [0.1, 0.15) is 5.15 Å². The molecule has 0 spiro atoms. The molecule has 0 aromatic carbocycles. The van der Waals surface area contributed by atoms with E-state index in [9.17, 15) is 0 Å². The van der Waals surface area contributed by atoms with Crippen molar-refractivity contribution in [2.45, 2.75) is 45.7 Å². The summed E-state index contributed by atoms with van der Waals surface area (Å²) < 4.78 is 0. The Morgan fingerprint density at radius 2 is 2.13 bits per heavy atom. The quantitative estimate of drug-likeness (QED) is 0.864. The van der Waals surface area contributed by atoms with Crippen LogP contribution < -0.4 is 11.1 Å². The first kappa shape index (κ1) is 12.7. The summed E-state index contributed by atoms with van der Waals surface area (Å²) in [6.07, 6.45) is 0.780. The fourth-order valence-electron chi connectivity index (χ4n) is 1.13. The maximum absolute atomic E-state index is 6.02. The van der Waals surface area contributed by atoms with Crippen molar-refractivity contribution in [3.8, 4) is 0 Å². The Kier molecular flexibility index (Phi) is 3.98. The number of halogens is 1. The van der Waals surface area contributed by atoms with Gasteiger partial charge in [0, 0.05) is 16.5 Å². The summed E-state index contributed by atoms with van der Waals surface area (Å²) in [5, 5.41) is 4.73. The number of thiazole rings is 1. The van der Waals surface area contributed by atoms with Crippen LogP contribution in [0.1, 0.15) is 32.6 Å². The minimum Gasteiger partial charge on any atom is -0.357 e. The molecule has 0 amide bonds.